The third-order valence-corrected chi connectivity index (χ3v) is 2.27. The first-order chi connectivity index (χ1) is 3.79. The van der Waals surface area contributed by atoms with Crippen molar-refractivity contribution in [1.29, 1.82) is 0 Å². The Balaban J connectivity index is 2.23. The molecule has 0 aromatic carbocycles. The van der Waals surface area contributed by atoms with Crippen LogP contribution >= 0.6 is 11.6 Å². The topological polar surface area (TPSA) is 0 Å². The Morgan fingerprint density at radius 1 is 1.38 bits per heavy atom. The van der Waals surface area contributed by atoms with Crippen molar-refractivity contribution >= 4 is 11.6 Å². The highest BCUT2D eigenvalue weighted by Gasteiger charge is 2.15. The van der Waals surface area contributed by atoms with Gasteiger partial charge in [-0.2, -0.15) is 0 Å². The average Bonchev–Trinajstić information content (AvgIpc) is 1.64. The molecular formula is C7H13Cl. The molecule has 1 rings (SSSR count). The second-order valence-corrected chi connectivity index (χ2v) is 3.49. The van der Waals surface area contributed by atoms with Gasteiger partial charge in [0.05, 0.1) is 0 Å². The molecule has 0 amide bonds. The summed E-state index contributed by atoms with van der Waals surface area (Å²) < 4.78 is 0. The third-order valence-electron chi connectivity index (χ3n) is 1.87. The van der Waals surface area contributed by atoms with E-state index >= 15 is 0 Å². The first-order valence-electron chi connectivity index (χ1n) is 3.43. The zero-order valence-electron chi connectivity index (χ0n) is 5.36. The maximum Gasteiger partial charge on any atom is 0.0338 e. The summed E-state index contributed by atoms with van der Waals surface area (Å²) in [5.41, 5.74) is 0. The minimum Gasteiger partial charge on any atom is -0.123 e. The van der Waals surface area contributed by atoms with Gasteiger partial charge < -0.3 is 0 Å². The van der Waals surface area contributed by atoms with E-state index in [0.717, 1.165) is 5.92 Å². The van der Waals surface area contributed by atoms with Gasteiger partial charge in [0.15, 0.2) is 0 Å². The van der Waals surface area contributed by atoms with Crippen molar-refractivity contribution in [2.45, 2.75) is 38.0 Å². The summed E-state index contributed by atoms with van der Waals surface area (Å²) in [6, 6.07) is 0. The van der Waals surface area contributed by atoms with E-state index in [1.54, 1.807) is 0 Å². The lowest BCUT2D eigenvalue weighted by molar-refractivity contribution is 0.390. The zero-order chi connectivity index (χ0) is 5.98. The summed E-state index contributed by atoms with van der Waals surface area (Å²) in [6.45, 7) is 2.29. The summed E-state index contributed by atoms with van der Waals surface area (Å²) in [4.78, 5) is 0. The Morgan fingerprint density at radius 2 is 2.12 bits per heavy atom. The molecule has 2 atom stereocenters. The molecule has 0 saturated heterocycles. The van der Waals surface area contributed by atoms with Crippen LogP contribution in [0, 0.1) is 5.92 Å². The van der Waals surface area contributed by atoms with Crippen LogP contribution in [0.1, 0.15) is 32.6 Å². The number of rotatable bonds is 0. The van der Waals surface area contributed by atoms with Crippen LogP contribution in [0.3, 0.4) is 0 Å². The van der Waals surface area contributed by atoms with Crippen molar-refractivity contribution < 1.29 is 0 Å². The minimum atomic E-state index is 0.485. The number of halogens is 1. The molecule has 0 N–H and O–H groups in total. The molecule has 1 fully saturated rings. The van der Waals surface area contributed by atoms with Crippen molar-refractivity contribution in [2.24, 2.45) is 5.92 Å². The predicted molar refractivity (Wildman–Crippen MR) is 37.3 cm³/mol. The summed E-state index contributed by atoms with van der Waals surface area (Å²) in [6.07, 6.45) is 5.21. The van der Waals surface area contributed by atoms with Crippen molar-refractivity contribution in [3.05, 3.63) is 0 Å². The molecule has 0 bridgehead atoms. The van der Waals surface area contributed by atoms with Gasteiger partial charge >= 0.3 is 0 Å². The fourth-order valence-electron chi connectivity index (χ4n) is 1.36. The maximum atomic E-state index is 5.91. The molecular weight excluding hydrogens is 120 g/mol. The van der Waals surface area contributed by atoms with Gasteiger partial charge in [-0.3, -0.25) is 0 Å². The molecule has 48 valence electrons. The summed E-state index contributed by atoms with van der Waals surface area (Å²) >= 11 is 5.91. The maximum absolute atomic E-state index is 5.91. The Hall–Kier alpha value is 0.290. The molecule has 1 aliphatic rings. The van der Waals surface area contributed by atoms with Crippen LogP contribution in [0.5, 0.6) is 0 Å². The van der Waals surface area contributed by atoms with Crippen LogP contribution in [0.25, 0.3) is 0 Å². The number of alkyl halides is 1. The number of hydrogen-bond acceptors (Lipinski definition) is 0. The molecule has 0 aromatic rings. The lowest BCUT2D eigenvalue weighted by atomic mass is 9.91. The molecule has 1 unspecified atom stereocenters. The first-order valence-corrected chi connectivity index (χ1v) is 3.86. The molecule has 0 heterocycles. The van der Waals surface area contributed by atoms with E-state index in [0.29, 0.717) is 5.38 Å². The molecule has 1 heteroatoms. The van der Waals surface area contributed by atoms with E-state index in [1.807, 2.05) is 0 Å². The zero-order valence-corrected chi connectivity index (χ0v) is 6.12. The van der Waals surface area contributed by atoms with Crippen molar-refractivity contribution in [1.82, 2.24) is 0 Å². The molecule has 0 aromatic heterocycles. The molecule has 0 aliphatic heterocycles. The lowest BCUT2D eigenvalue weighted by Crippen LogP contribution is -2.12. The normalized spacial score (nSPS) is 39.8. The molecule has 1 saturated carbocycles. The molecule has 0 radical (unpaired) electrons. The Kier molecular flexibility index (Phi) is 2.18. The Bertz CT molecular complexity index is 62.8. The lowest BCUT2D eigenvalue weighted by Gasteiger charge is -2.21. The molecule has 0 spiro atoms. The van der Waals surface area contributed by atoms with Gasteiger partial charge in [0.1, 0.15) is 0 Å². The Labute approximate surface area is 56.2 Å². The van der Waals surface area contributed by atoms with Crippen LogP contribution < -0.4 is 0 Å². The van der Waals surface area contributed by atoms with E-state index in [-0.39, 0.29) is 0 Å². The fraction of sp³-hybridized carbons (Fsp3) is 1.00. The third kappa shape index (κ3) is 1.66. The van der Waals surface area contributed by atoms with E-state index in [1.165, 1.54) is 25.7 Å². The highest BCUT2D eigenvalue weighted by Crippen LogP contribution is 2.26. The summed E-state index contributed by atoms with van der Waals surface area (Å²) in [5.74, 6) is 0.881. The summed E-state index contributed by atoms with van der Waals surface area (Å²) in [5, 5.41) is 0.485. The Morgan fingerprint density at radius 3 is 2.50 bits per heavy atom. The largest absolute Gasteiger partial charge is 0.123 e. The van der Waals surface area contributed by atoms with Crippen LogP contribution in [0.4, 0.5) is 0 Å². The smallest absolute Gasteiger partial charge is 0.0338 e. The van der Waals surface area contributed by atoms with Crippen molar-refractivity contribution in [3.63, 3.8) is 0 Å². The van der Waals surface area contributed by atoms with Gasteiger partial charge in [0.2, 0.25) is 0 Å². The van der Waals surface area contributed by atoms with Crippen LogP contribution in [-0.4, -0.2) is 5.38 Å². The first kappa shape index (κ1) is 6.41. The summed E-state index contributed by atoms with van der Waals surface area (Å²) in [7, 11) is 0. The van der Waals surface area contributed by atoms with Gasteiger partial charge in [0, 0.05) is 5.38 Å². The van der Waals surface area contributed by atoms with Crippen molar-refractivity contribution in [3.8, 4) is 0 Å². The van der Waals surface area contributed by atoms with Gasteiger partial charge in [-0.05, 0) is 18.8 Å². The average molecular weight is 133 g/mol. The van der Waals surface area contributed by atoms with E-state index in [9.17, 15) is 0 Å². The van der Waals surface area contributed by atoms with Crippen LogP contribution in [0.15, 0.2) is 0 Å². The minimum absolute atomic E-state index is 0.485. The predicted octanol–water partition coefficient (Wildman–Crippen LogP) is 2.80. The molecule has 1 aliphatic carbocycles. The van der Waals surface area contributed by atoms with E-state index < -0.39 is 0 Å². The quantitative estimate of drug-likeness (QED) is 0.445. The fourth-order valence-corrected chi connectivity index (χ4v) is 1.82. The second-order valence-electron chi connectivity index (χ2n) is 2.87. The van der Waals surface area contributed by atoms with Crippen molar-refractivity contribution in [2.75, 3.05) is 0 Å². The second kappa shape index (κ2) is 2.72. The SMILES string of the molecule is CC1CCC[C@H](Cl)C1. The van der Waals surface area contributed by atoms with Gasteiger partial charge in [0.25, 0.3) is 0 Å². The highest BCUT2D eigenvalue weighted by atomic mass is 35.5. The van der Waals surface area contributed by atoms with E-state index in [4.69, 9.17) is 11.6 Å². The molecule has 8 heavy (non-hydrogen) atoms. The van der Waals surface area contributed by atoms with E-state index in [2.05, 4.69) is 6.92 Å². The monoisotopic (exact) mass is 132 g/mol. The molecule has 0 nitrogen and oxygen atoms in total. The van der Waals surface area contributed by atoms with Crippen LogP contribution in [0.2, 0.25) is 0 Å². The standard InChI is InChI=1S/C7H13Cl/c1-6-3-2-4-7(8)5-6/h6-7H,2-5H2,1H3/t6?,7-/m0/s1. The van der Waals surface area contributed by atoms with Gasteiger partial charge in [-0.25, -0.2) is 0 Å². The highest BCUT2D eigenvalue weighted by molar-refractivity contribution is 6.20. The van der Waals surface area contributed by atoms with Gasteiger partial charge in [-0.1, -0.05) is 19.8 Å². The van der Waals surface area contributed by atoms with Crippen LogP contribution in [-0.2, 0) is 0 Å². The number of hydrogen-bond donors (Lipinski definition) is 0. The van der Waals surface area contributed by atoms with Gasteiger partial charge in [-0.15, -0.1) is 11.6 Å².